The predicted octanol–water partition coefficient (Wildman–Crippen LogP) is 3.68. The van der Waals surface area contributed by atoms with Gasteiger partial charge in [0.15, 0.2) is 0 Å². The summed E-state index contributed by atoms with van der Waals surface area (Å²) in [5.41, 5.74) is 0.354. The third-order valence-electron chi connectivity index (χ3n) is 4.71. The largest absolute Gasteiger partial charge is 0.465 e. The van der Waals surface area contributed by atoms with E-state index in [0.717, 1.165) is 12.1 Å². The standard InChI is InChI=1S/C20H14F3N3O3/c1-25-10-24-16-14-9-11(19(28)29-2)3-8-15(14)26(18(27)17(16)25)13-6-4-12(5-7-13)20(21,22)23/h3-10H,1-2H3. The fourth-order valence-corrected chi connectivity index (χ4v) is 3.32. The van der Waals surface area contributed by atoms with Gasteiger partial charge in [-0.1, -0.05) is 0 Å². The van der Waals surface area contributed by atoms with E-state index >= 15 is 0 Å². The third kappa shape index (κ3) is 2.95. The number of hydrogen-bond acceptors (Lipinski definition) is 4. The van der Waals surface area contributed by atoms with Crippen LogP contribution in [0.3, 0.4) is 0 Å². The van der Waals surface area contributed by atoms with E-state index in [9.17, 15) is 22.8 Å². The van der Waals surface area contributed by atoms with Gasteiger partial charge in [-0.25, -0.2) is 9.78 Å². The van der Waals surface area contributed by atoms with Gasteiger partial charge in [0.05, 0.1) is 30.1 Å². The molecule has 148 valence electrons. The van der Waals surface area contributed by atoms with E-state index in [0.29, 0.717) is 16.4 Å². The lowest BCUT2D eigenvalue weighted by Crippen LogP contribution is -2.21. The molecule has 0 fully saturated rings. The second kappa shape index (κ2) is 6.47. The predicted molar refractivity (Wildman–Crippen MR) is 100 cm³/mol. The lowest BCUT2D eigenvalue weighted by atomic mass is 10.1. The van der Waals surface area contributed by atoms with Crippen molar-refractivity contribution in [2.24, 2.45) is 7.05 Å². The van der Waals surface area contributed by atoms with E-state index in [1.54, 1.807) is 19.2 Å². The summed E-state index contributed by atoms with van der Waals surface area (Å²) in [5.74, 6) is -0.553. The summed E-state index contributed by atoms with van der Waals surface area (Å²) in [6.45, 7) is 0. The first-order valence-corrected chi connectivity index (χ1v) is 8.48. The van der Waals surface area contributed by atoms with Crippen LogP contribution in [0.4, 0.5) is 13.2 Å². The minimum absolute atomic E-state index is 0.263. The van der Waals surface area contributed by atoms with Crippen LogP contribution in [0.2, 0.25) is 0 Å². The number of benzene rings is 2. The highest BCUT2D eigenvalue weighted by Crippen LogP contribution is 2.30. The number of nitrogens with zero attached hydrogens (tertiary/aromatic N) is 3. The molecule has 2 aromatic carbocycles. The van der Waals surface area contributed by atoms with Crippen LogP contribution in [-0.2, 0) is 18.0 Å². The summed E-state index contributed by atoms with van der Waals surface area (Å²) in [6, 6.07) is 8.90. The molecule has 0 saturated heterocycles. The number of fused-ring (bicyclic) bond motifs is 3. The maximum Gasteiger partial charge on any atom is 0.416 e. The summed E-state index contributed by atoms with van der Waals surface area (Å²) >= 11 is 0. The van der Waals surface area contributed by atoms with Crippen LogP contribution >= 0.6 is 0 Å². The van der Waals surface area contributed by atoms with E-state index in [1.165, 1.54) is 40.8 Å². The van der Waals surface area contributed by atoms with Crippen molar-refractivity contribution in [3.63, 3.8) is 0 Å². The van der Waals surface area contributed by atoms with E-state index in [2.05, 4.69) is 4.98 Å². The Morgan fingerprint density at radius 3 is 2.41 bits per heavy atom. The second-order valence-electron chi connectivity index (χ2n) is 6.46. The van der Waals surface area contributed by atoms with Gasteiger partial charge < -0.3 is 9.30 Å². The fraction of sp³-hybridized carbons (Fsp3) is 0.150. The first-order valence-electron chi connectivity index (χ1n) is 8.48. The average Bonchev–Trinajstić information content (AvgIpc) is 3.09. The second-order valence-corrected chi connectivity index (χ2v) is 6.46. The Morgan fingerprint density at radius 1 is 1.10 bits per heavy atom. The van der Waals surface area contributed by atoms with Crippen LogP contribution in [0.5, 0.6) is 0 Å². The Hall–Kier alpha value is -3.62. The van der Waals surface area contributed by atoms with Crippen molar-refractivity contribution >= 4 is 27.9 Å². The van der Waals surface area contributed by atoms with Crippen LogP contribution in [-0.4, -0.2) is 27.2 Å². The molecule has 0 aliphatic rings. The van der Waals surface area contributed by atoms with E-state index in [4.69, 9.17) is 4.74 Å². The lowest BCUT2D eigenvalue weighted by molar-refractivity contribution is -0.137. The van der Waals surface area contributed by atoms with Crippen molar-refractivity contribution in [1.29, 1.82) is 0 Å². The number of ether oxygens (including phenoxy) is 1. The maximum atomic E-state index is 13.2. The van der Waals surface area contributed by atoms with Crippen LogP contribution in [0.15, 0.2) is 53.6 Å². The Labute approximate surface area is 161 Å². The molecule has 2 heterocycles. The molecule has 4 rings (SSSR count). The van der Waals surface area contributed by atoms with Gasteiger partial charge >= 0.3 is 12.1 Å². The van der Waals surface area contributed by atoms with Crippen molar-refractivity contribution < 1.29 is 22.7 Å². The number of esters is 1. The number of aromatic nitrogens is 3. The quantitative estimate of drug-likeness (QED) is 0.481. The number of carbonyl (C=O) groups is 1. The number of methoxy groups -OCH3 is 1. The molecule has 0 unspecified atom stereocenters. The van der Waals surface area contributed by atoms with Crippen LogP contribution in [0, 0.1) is 0 Å². The first-order chi connectivity index (χ1) is 13.7. The number of carbonyl (C=O) groups excluding carboxylic acids is 1. The van der Waals surface area contributed by atoms with Gasteiger partial charge in [0.25, 0.3) is 5.56 Å². The van der Waals surface area contributed by atoms with Gasteiger partial charge in [-0.3, -0.25) is 9.36 Å². The van der Waals surface area contributed by atoms with E-state index in [1.807, 2.05) is 0 Å². The number of alkyl halides is 3. The van der Waals surface area contributed by atoms with Gasteiger partial charge in [0.2, 0.25) is 0 Å². The highest BCUT2D eigenvalue weighted by molar-refractivity contribution is 6.05. The highest BCUT2D eigenvalue weighted by Gasteiger charge is 2.30. The van der Waals surface area contributed by atoms with E-state index in [-0.39, 0.29) is 16.8 Å². The van der Waals surface area contributed by atoms with Crippen molar-refractivity contribution in [3.05, 3.63) is 70.3 Å². The van der Waals surface area contributed by atoms with Gasteiger partial charge in [0, 0.05) is 18.1 Å². The zero-order valence-electron chi connectivity index (χ0n) is 15.3. The minimum atomic E-state index is -4.48. The van der Waals surface area contributed by atoms with Crippen LogP contribution in [0.25, 0.3) is 27.6 Å². The van der Waals surface area contributed by atoms with Gasteiger partial charge in [-0.2, -0.15) is 13.2 Å². The molecule has 0 aliphatic heterocycles. The molecule has 0 atom stereocenters. The Morgan fingerprint density at radius 2 is 1.79 bits per heavy atom. The normalized spacial score (nSPS) is 11.9. The monoisotopic (exact) mass is 401 g/mol. The van der Waals surface area contributed by atoms with Crippen molar-refractivity contribution in [2.45, 2.75) is 6.18 Å². The van der Waals surface area contributed by atoms with Crippen molar-refractivity contribution in [2.75, 3.05) is 7.11 Å². The lowest BCUT2D eigenvalue weighted by Gasteiger charge is -2.14. The van der Waals surface area contributed by atoms with Crippen LogP contribution < -0.4 is 5.56 Å². The van der Waals surface area contributed by atoms with Gasteiger partial charge in [-0.15, -0.1) is 0 Å². The molecule has 0 N–H and O–H groups in total. The summed E-state index contributed by atoms with van der Waals surface area (Å²) in [4.78, 5) is 29.4. The molecule has 4 aromatic rings. The number of imidazole rings is 1. The summed E-state index contributed by atoms with van der Waals surface area (Å²) < 4.78 is 46.3. The molecule has 0 radical (unpaired) electrons. The molecular formula is C20H14F3N3O3. The molecule has 0 aliphatic carbocycles. The van der Waals surface area contributed by atoms with Crippen molar-refractivity contribution in [1.82, 2.24) is 14.1 Å². The zero-order chi connectivity index (χ0) is 20.9. The number of rotatable bonds is 2. The van der Waals surface area contributed by atoms with Gasteiger partial charge in [0.1, 0.15) is 11.0 Å². The van der Waals surface area contributed by atoms with Crippen LogP contribution in [0.1, 0.15) is 15.9 Å². The fourth-order valence-electron chi connectivity index (χ4n) is 3.32. The molecule has 0 saturated carbocycles. The molecule has 0 bridgehead atoms. The maximum absolute atomic E-state index is 13.2. The molecule has 2 aromatic heterocycles. The molecular weight excluding hydrogens is 387 g/mol. The smallest absolute Gasteiger partial charge is 0.416 e. The first kappa shape index (κ1) is 18.7. The number of halogens is 3. The number of hydrogen-bond donors (Lipinski definition) is 0. The molecule has 6 nitrogen and oxygen atoms in total. The number of aryl methyl sites for hydroxylation is 1. The zero-order valence-corrected chi connectivity index (χ0v) is 15.3. The molecule has 29 heavy (non-hydrogen) atoms. The topological polar surface area (TPSA) is 66.1 Å². The summed E-state index contributed by atoms with van der Waals surface area (Å²) in [5, 5.41) is 0.503. The molecule has 0 amide bonds. The summed E-state index contributed by atoms with van der Waals surface area (Å²) in [7, 11) is 2.90. The minimum Gasteiger partial charge on any atom is -0.465 e. The highest BCUT2D eigenvalue weighted by atomic mass is 19.4. The SMILES string of the molecule is COC(=O)c1ccc2c(c1)c1ncn(C)c1c(=O)n2-c1ccc(C(F)(F)F)cc1. The molecule has 0 spiro atoms. The summed E-state index contributed by atoms with van der Waals surface area (Å²) in [6.07, 6.45) is -3.01. The van der Waals surface area contributed by atoms with Gasteiger partial charge in [-0.05, 0) is 42.5 Å². The Kier molecular flexibility index (Phi) is 4.18. The Balaban J connectivity index is 2.07. The third-order valence-corrected chi connectivity index (χ3v) is 4.71. The number of pyridine rings is 1. The van der Waals surface area contributed by atoms with Crippen molar-refractivity contribution in [3.8, 4) is 5.69 Å². The Bertz CT molecular complexity index is 1320. The van der Waals surface area contributed by atoms with E-state index < -0.39 is 23.3 Å². The molecule has 9 heteroatoms. The average molecular weight is 401 g/mol.